The first-order valence-corrected chi connectivity index (χ1v) is 6.84. The van der Waals surface area contributed by atoms with Crippen LogP contribution in [-0.4, -0.2) is 36.1 Å². The zero-order chi connectivity index (χ0) is 12.5. The van der Waals surface area contributed by atoms with E-state index in [4.69, 9.17) is 0 Å². The summed E-state index contributed by atoms with van der Waals surface area (Å²) in [5.41, 5.74) is 0.131. The lowest BCUT2D eigenvalue weighted by atomic mass is 9.82. The van der Waals surface area contributed by atoms with Crippen LogP contribution in [-0.2, 0) is 0 Å². The van der Waals surface area contributed by atoms with Crippen LogP contribution in [0.15, 0.2) is 0 Å². The van der Waals surface area contributed by atoms with E-state index in [1.54, 1.807) is 0 Å². The lowest BCUT2D eigenvalue weighted by molar-refractivity contribution is 0.114. The van der Waals surface area contributed by atoms with Crippen LogP contribution in [0, 0.1) is 16.7 Å². The molecule has 2 fully saturated rings. The fraction of sp³-hybridized carbons (Fsp3) is 0.929. The highest BCUT2D eigenvalue weighted by Crippen LogP contribution is 2.30. The number of piperidine rings is 1. The molecule has 0 aromatic heterocycles. The largest absolute Gasteiger partial charge is 0.300 e. The van der Waals surface area contributed by atoms with E-state index in [1.165, 1.54) is 25.7 Å². The molecule has 0 spiro atoms. The molecule has 0 bridgehead atoms. The minimum absolute atomic E-state index is 0.358. The van der Waals surface area contributed by atoms with E-state index in [0.29, 0.717) is 11.5 Å². The summed E-state index contributed by atoms with van der Waals surface area (Å²) >= 11 is 0. The van der Waals surface area contributed by atoms with Gasteiger partial charge in [-0.3, -0.25) is 5.32 Å². The number of nitrogens with zero attached hydrogens (tertiary/aromatic N) is 2. The SMILES string of the molecule is CC1(C)CCN(CC(C)(C#N)NC2CC2)CC1. The molecule has 2 aliphatic rings. The molecule has 1 saturated carbocycles. The number of nitriles is 1. The zero-order valence-electron chi connectivity index (χ0n) is 11.4. The number of nitrogens with one attached hydrogen (secondary N) is 1. The molecule has 0 amide bonds. The van der Waals surface area contributed by atoms with Crippen molar-refractivity contribution in [2.24, 2.45) is 5.41 Å². The van der Waals surface area contributed by atoms with Crippen molar-refractivity contribution in [2.45, 2.75) is 58.0 Å². The first-order valence-electron chi connectivity index (χ1n) is 6.84. The smallest absolute Gasteiger partial charge is 0.116 e. The van der Waals surface area contributed by atoms with E-state index in [1.807, 2.05) is 6.92 Å². The topological polar surface area (TPSA) is 39.1 Å². The van der Waals surface area contributed by atoms with Crippen LogP contribution in [0.2, 0.25) is 0 Å². The summed E-state index contributed by atoms with van der Waals surface area (Å²) in [5.74, 6) is 0. The highest BCUT2D eigenvalue weighted by molar-refractivity contribution is 5.09. The summed E-state index contributed by atoms with van der Waals surface area (Å²) in [6.07, 6.45) is 4.98. The van der Waals surface area contributed by atoms with Gasteiger partial charge < -0.3 is 4.90 Å². The predicted octanol–water partition coefficient (Wildman–Crippen LogP) is 2.14. The van der Waals surface area contributed by atoms with E-state index < -0.39 is 0 Å². The van der Waals surface area contributed by atoms with Gasteiger partial charge >= 0.3 is 0 Å². The van der Waals surface area contributed by atoms with Gasteiger partial charge in [0.25, 0.3) is 0 Å². The second-order valence-electron chi connectivity index (χ2n) is 6.80. The second kappa shape index (κ2) is 4.59. The molecule has 1 N–H and O–H groups in total. The van der Waals surface area contributed by atoms with Crippen LogP contribution in [0.1, 0.15) is 46.5 Å². The second-order valence-corrected chi connectivity index (χ2v) is 6.80. The van der Waals surface area contributed by atoms with E-state index >= 15 is 0 Å². The Hall–Kier alpha value is -0.590. The Morgan fingerprint density at radius 2 is 1.94 bits per heavy atom. The summed E-state index contributed by atoms with van der Waals surface area (Å²) < 4.78 is 0. The molecule has 1 heterocycles. The normalized spacial score (nSPS) is 28.4. The van der Waals surface area contributed by atoms with E-state index in [0.717, 1.165) is 19.6 Å². The molecule has 1 atom stereocenters. The molecule has 2 rings (SSSR count). The molecule has 1 aliphatic carbocycles. The summed E-state index contributed by atoms with van der Waals surface area (Å²) in [6.45, 7) is 9.88. The Kier molecular flexibility index (Phi) is 3.47. The standard InChI is InChI=1S/C14H25N3/c1-13(2)6-8-17(9-7-13)11-14(3,10-15)16-12-4-5-12/h12,16H,4-9,11H2,1-3H3. The Balaban J connectivity index is 1.84. The Morgan fingerprint density at radius 3 is 2.41 bits per heavy atom. The molecule has 3 heteroatoms. The van der Waals surface area contributed by atoms with Gasteiger partial charge in [0, 0.05) is 12.6 Å². The Morgan fingerprint density at radius 1 is 1.35 bits per heavy atom. The maximum Gasteiger partial charge on any atom is 0.116 e. The molecule has 1 saturated heterocycles. The lowest BCUT2D eigenvalue weighted by Crippen LogP contribution is -2.53. The molecular weight excluding hydrogens is 210 g/mol. The zero-order valence-corrected chi connectivity index (χ0v) is 11.4. The maximum absolute atomic E-state index is 9.36. The third-order valence-electron chi connectivity index (χ3n) is 4.10. The average Bonchev–Trinajstić information content (AvgIpc) is 3.05. The molecule has 0 aromatic rings. The summed E-state index contributed by atoms with van der Waals surface area (Å²) in [7, 11) is 0. The van der Waals surface area contributed by atoms with Crippen LogP contribution >= 0.6 is 0 Å². The van der Waals surface area contributed by atoms with Crippen molar-refractivity contribution in [3.8, 4) is 6.07 Å². The average molecular weight is 235 g/mol. The maximum atomic E-state index is 9.36. The van der Waals surface area contributed by atoms with E-state index in [2.05, 4.69) is 30.1 Å². The van der Waals surface area contributed by atoms with Crippen molar-refractivity contribution in [1.29, 1.82) is 5.26 Å². The first kappa shape index (κ1) is 12.9. The first-order chi connectivity index (χ1) is 7.92. The van der Waals surface area contributed by atoms with Gasteiger partial charge in [-0.05, 0) is 51.1 Å². The summed E-state index contributed by atoms with van der Waals surface area (Å²) in [5, 5.41) is 12.8. The van der Waals surface area contributed by atoms with Gasteiger partial charge in [-0.15, -0.1) is 0 Å². The van der Waals surface area contributed by atoms with E-state index in [9.17, 15) is 5.26 Å². The van der Waals surface area contributed by atoms with Crippen LogP contribution in [0.25, 0.3) is 0 Å². The van der Waals surface area contributed by atoms with Crippen molar-refractivity contribution in [3.63, 3.8) is 0 Å². The van der Waals surface area contributed by atoms with Crippen LogP contribution in [0.5, 0.6) is 0 Å². The fourth-order valence-electron chi connectivity index (χ4n) is 2.56. The molecule has 1 aliphatic heterocycles. The Labute approximate surface area is 105 Å². The van der Waals surface area contributed by atoms with Crippen LogP contribution < -0.4 is 5.32 Å². The highest BCUT2D eigenvalue weighted by atomic mass is 15.2. The molecule has 96 valence electrons. The number of rotatable bonds is 4. The van der Waals surface area contributed by atoms with Crippen molar-refractivity contribution < 1.29 is 0 Å². The van der Waals surface area contributed by atoms with Crippen LogP contribution in [0.3, 0.4) is 0 Å². The highest BCUT2D eigenvalue weighted by Gasteiger charge is 2.35. The van der Waals surface area contributed by atoms with Crippen molar-refractivity contribution in [2.75, 3.05) is 19.6 Å². The molecule has 17 heavy (non-hydrogen) atoms. The third kappa shape index (κ3) is 3.69. The van der Waals surface area contributed by atoms with Gasteiger partial charge in [-0.1, -0.05) is 13.8 Å². The number of hydrogen-bond acceptors (Lipinski definition) is 3. The minimum Gasteiger partial charge on any atom is -0.300 e. The minimum atomic E-state index is -0.358. The molecule has 0 aromatic carbocycles. The Bertz CT molecular complexity index is 304. The third-order valence-corrected chi connectivity index (χ3v) is 4.10. The quantitative estimate of drug-likeness (QED) is 0.811. The van der Waals surface area contributed by atoms with Gasteiger partial charge in [0.1, 0.15) is 5.54 Å². The fourth-order valence-corrected chi connectivity index (χ4v) is 2.56. The molecule has 0 radical (unpaired) electrons. The molecule has 3 nitrogen and oxygen atoms in total. The van der Waals surface area contributed by atoms with Gasteiger partial charge in [0.05, 0.1) is 6.07 Å². The van der Waals surface area contributed by atoms with Crippen molar-refractivity contribution >= 4 is 0 Å². The van der Waals surface area contributed by atoms with E-state index in [-0.39, 0.29) is 5.54 Å². The predicted molar refractivity (Wildman–Crippen MR) is 69.6 cm³/mol. The summed E-state index contributed by atoms with van der Waals surface area (Å²) in [4.78, 5) is 2.45. The molecular formula is C14H25N3. The van der Waals surface area contributed by atoms with Crippen molar-refractivity contribution in [1.82, 2.24) is 10.2 Å². The van der Waals surface area contributed by atoms with Gasteiger partial charge in [-0.2, -0.15) is 5.26 Å². The monoisotopic (exact) mass is 235 g/mol. The number of likely N-dealkylation sites (tertiary alicyclic amines) is 1. The molecule has 1 unspecified atom stereocenters. The van der Waals surface area contributed by atoms with Gasteiger partial charge in [0.15, 0.2) is 0 Å². The number of hydrogen-bond donors (Lipinski definition) is 1. The summed E-state index contributed by atoms with van der Waals surface area (Å²) in [6, 6.07) is 3.06. The van der Waals surface area contributed by atoms with Gasteiger partial charge in [0.2, 0.25) is 0 Å². The van der Waals surface area contributed by atoms with Gasteiger partial charge in [-0.25, -0.2) is 0 Å². The van der Waals surface area contributed by atoms with Crippen molar-refractivity contribution in [3.05, 3.63) is 0 Å². The lowest BCUT2D eigenvalue weighted by Gasteiger charge is -2.39. The van der Waals surface area contributed by atoms with Crippen LogP contribution in [0.4, 0.5) is 0 Å².